The molecular weight excluding hydrogens is 152 g/mol. The molecule has 0 amide bonds. The maximum Gasteiger partial charge on any atom is 0.306 e. The highest BCUT2D eigenvalue weighted by Gasteiger charge is 2.38. The summed E-state index contributed by atoms with van der Waals surface area (Å²) >= 11 is 0. The Labute approximate surface area is 74.3 Å². The Morgan fingerprint density at radius 2 is 2.08 bits per heavy atom. The fourth-order valence-electron chi connectivity index (χ4n) is 1.00. The van der Waals surface area contributed by atoms with E-state index in [1.54, 1.807) is 0 Å². The summed E-state index contributed by atoms with van der Waals surface area (Å²) in [7, 11) is 0. The van der Waals surface area contributed by atoms with Crippen molar-refractivity contribution in [2.45, 2.75) is 40.0 Å². The van der Waals surface area contributed by atoms with Crippen molar-refractivity contribution in [2.24, 2.45) is 11.3 Å². The highest BCUT2D eigenvalue weighted by Crippen LogP contribution is 2.44. The van der Waals surface area contributed by atoms with Gasteiger partial charge in [0.05, 0.1) is 6.61 Å². The summed E-state index contributed by atoms with van der Waals surface area (Å²) in [6, 6.07) is 0. The third-order valence-electron chi connectivity index (χ3n) is 2.26. The third-order valence-corrected chi connectivity index (χ3v) is 2.26. The fraction of sp³-hybridized carbons (Fsp3) is 0.900. The zero-order valence-corrected chi connectivity index (χ0v) is 8.22. The number of carbonyl (C=O) groups is 1. The van der Waals surface area contributed by atoms with Gasteiger partial charge in [-0.15, -0.1) is 0 Å². The summed E-state index contributed by atoms with van der Waals surface area (Å²) in [5, 5.41) is 0. The molecule has 70 valence electrons. The van der Waals surface area contributed by atoms with E-state index in [0.717, 1.165) is 0 Å². The first-order valence-electron chi connectivity index (χ1n) is 4.67. The molecule has 0 aromatic heterocycles. The quantitative estimate of drug-likeness (QED) is 0.605. The molecule has 1 rings (SSSR count). The number of ether oxygens (including phenoxy) is 1. The SMILES string of the molecule is CC(C)CC(=O)OCC1(C)CC1. The highest BCUT2D eigenvalue weighted by molar-refractivity contribution is 5.69. The molecule has 0 N–H and O–H groups in total. The van der Waals surface area contributed by atoms with Crippen LogP contribution in [0.1, 0.15) is 40.0 Å². The van der Waals surface area contributed by atoms with Crippen LogP contribution >= 0.6 is 0 Å². The Balaban J connectivity index is 2.10. The van der Waals surface area contributed by atoms with Gasteiger partial charge >= 0.3 is 5.97 Å². The minimum absolute atomic E-state index is 0.0434. The van der Waals surface area contributed by atoms with Crippen molar-refractivity contribution in [1.82, 2.24) is 0 Å². The molecule has 0 aromatic rings. The molecule has 0 spiro atoms. The van der Waals surface area contributed by atoms with E-state index in [-0.39, 0.29) is 5.97 Å². The van der Waals surface area contributed by atoms with Crippen molar-refractivity contribution in [2.75, 3.05) is 6.61 Å². The average Bonchev–Trinajstić information content (AvgIpc) is 2.64. The Morgan fingerprint density at radius 3 is 2.50 bits per heavy atom. The van der Waals surface area contributed by atoms with Gasteiger partial charge in [0.2, 0.25) is 0 Å². The van der Waals surface area contributed by atoms with Gasteiger partial charge in [-0.1, -0.05) is 20.8 Å². The standard InChI is InChI=1S/C10H18O2/c1-8(2)6-9(11)12-7-10(3)4-5-10/h8H,4-7H2,1-3H3. The third kappa shape index (κ3) is 3.24. The van der Waals surface area contributed by atoms with Crippen LogP contribution in [0.5, 0.6) is 0 Å². The lowest BCUT2D eigenvalue weighted by Crippen LogP contribution is -2.13. The molecule has 0 bridgehead atoms. The van der Waals surface area contributed by atoms with Crippen LogP contribution in [-0.4, -0.2) is 12.6 Å². The minimum Gasteiger partial charge on any atom is -0.465 e. The number of hydrogen-bond acceptors (Lipinski definition) is 2. The largest absolute Gasteiger partial charge is 0.465 e. The predicted molar refractivity (Wildman–Crippen MR) is 47.8 cm³/mol. The lowest BCUT2D eigenvalue weighted by Gasteiger charge is -2.10. The molecule has 1 aliphatic carbocycles. The smallest absolute Gasteiger partial charge is 0.306 e. The maximum atomic E-state index is 11.1. The van der Waals surface area contributed by atoms with Crippen molar-refractivity contribution in [3.63, 3.8) is 0 Å². The second kappa shape index (κ2) is 3.46. The molecule has 0 atom stereocenters. The van der Waals surface area contributed by atoms with Crippen LogP contribution in [0.3, 0.4) is 0 Å². The lowest BCUT2D eigenvalue weighted by atomic mass is 10.1. The first kappa shape index (κ1) is 9.56. The molecule has 0 heterocycles. The number of carbonyl (C=O) groups excluding carboxylic acids is 1. The van der Waals surface area contributed by atoms with Gasteiger partial charge in [-0.05, 0) is 18.8 Å². The molecule has 1 fully saturated rings. The summed E-state index contributed by atoms with van der Waals surface area (Å²) in [5.41, 5.74) is 0.326. The van der Waals surface area contributed by atoms with Gasteiger partial charge in [0, 0.05) is 11.8 Å². The number of rotatable bonds is 4. The fourth-order valence-corrected chi connectivity index (χ4v) is 1.00. The highest BCUT2D eigenvalue weighted by atomic mass is 16.5. The summed E-state index contributed by atoms with van der Waals surface area (Å²) in [5.74, 6) is 0.364. The first-order chi connectivity index (χ1) is 5.52. The van der Waals surface area contributed by atoms with Gasteiger partial charge in [0.25, 0.3) is 0 Å². The Hall–Kier alpha value is -0.530. The molecule has 2 heteroatoms. The van der Waals surface area contributed by atoms with Crippen molar-refractivity contribution in [1.29, 1.82) is 0 Å². The second-order valence-electron chi connectivity index (χ2n) is 4.57. The van der Waals surface area contributed by atoms with E-state index >= 15 is 0 Å². The van der Waals surface area contributed by atoms with Crippen LogP contribution in [0.25, 0.3) is 0 Å². The van der Waals surface area contributed by atoms with Gasteiger partial charge in [-0.2, -0.15) is 0 Å². The number of hydrogen-bond donors (Lipinski definition) is 0. The van der Waals surface area contributed by atoms with E-state index in [1.165, 1.54) is 12.8 Å². The van der Waals surface area contributed by atoms with Gasteiger partial charge in [-0.3, -0.25) is 4.79 Å². The summed E-state index contributed by atoms with van der Waals surface area (Å²) in [6.45, 7) is 6.84. The van der Waals surface area contributed by atoms with Crippen molar-refractivity contribution >= 4 is 5.97 Å². The van der Waals surface area contributed by atoms with Gasteiger partial charge in [-0.25, -0.2) is 0 Å². The zero-order valence-electron chi connectivity index (χ0n) is 8.22. The van der Waals surface area contributed by atoms with Gasteiger partial charge in [0.1, 0.15) is 0 Å². The second-order valence-corrected chi connectivity index (χ2v) is 4.57. The van der Waals surface area contributed by atoms with Crippen LogP contribution < -0.4 is 0 Å². The molecule has 1 saturated carbocycles. The van der Waals surface area contributed by atoms with Crippen molar-refractivity contribution in [3.8, 4) is 0 Å². The van der Waals surface area contributed by atoms with Crippen LogP contribution in [0, 0.1) is 11.3 Å². The molecule has 0 aromatic carbocycles. The van der Waals surface area contributed by atoms with Crippen LogP contribution in [0.2, 0.25) is 0 Å². The maximum absolute atomic E-state index is 11.1. The van der Waals surface area contributed by atoms with Crippen LogP contribution in [-0.2, 0) is 9.53 Å². The molecule has 0 unspecified atom stereocenters. The Kier molecular flexibility index (Phi) is 2.76. The monoisotopic (exact) mass is 170 g/mol. The molecule has 0 saturated heterocycles. The normalized spacial score (nSPS) is 19.3. The van der Waals surface area contributed by atoms with E-state index in [9.17, 15) is 4.79 Å². The molecule has 0 aliphatic heterocycles. The summed E-state index contributed by atoms with van der Waals surface area (Å²) in [6.07, 6.45) is 2.97. The van der Waals surface area contributed by atoms with Crippen LogP contribution in [0.4, 0.5) is 0 Å². The molecular formula is C10H18O2. The van der Waals surface area contributed by atoms with Crippen LogP contribution in [0.15, 0.2) is 0 Å². The van der Waals surface area contributed by atoms with Crippen molar-refractivity contribution in [3.05, 3.63) is 0 Å². The predicted octanol–water partition coefficient (Wildman–Crippen LogP) is 2.38. The minimum atomic E-state index is -0.0434. The lowest BCUT2D eigenvalue weighted by molar-refractivity contribution is -0.146. The Morgan fingerprint density at radius 1 is 1.50 bits per heavy atom. The molecule has 1 aliphatic rings. The molecule has 0 radical (unpaired) electrons. The van der Waals surface area contributed by atoms with Gasteiger partial charge in [0.15, 0.2) is 0 Å². The van der Waals surface area contributed by atoms with E-state index in [2.05, 4.69) is 6.92 Å². The van der Waals surface area contributed by atoms with E-state index in [1.807, 2.05) is 13.8 Å². The van der Waals surface area contributed by atoms with Gasteiger partial charge < -0.3 is 4.74 Å². The zero-order chi connectivity index (χ0) is 9.19. The van der Waals surface area contributed by atoms with Crippen molar-refractivity contribution < 1.29 is 9.53 Å². The van der Waals surface area contributed by atoms with E-state index in [0.29, 0.717) is 24.4 Å². The van der Waals surface area contributed by atoms with E-state index < -0.39 is 0 Å². The summed E-state index contributed by atoms with van der Waals surface area (Å²) in [4.78, 5) is 11.1. The summed E-state index contributed by atoms with van der Waals surface area (Å²) < 4.78 is 5.14. The van der Waals surface area contributed by atoms with E-state index in [4.69, 9.17) is 4.74 Å². The molecule has 12 heavy (non-hydrogen) atoms. The topological polar surface area (TPSA) is 26.3 Å². The average molecular weight is 170 g/mol. The number of esters is 1. The first-order valence-corrected chi connectivity index (χ1v) is 4.67. The Bertz CT molecular complexity index is 169. The molecule has 2 nitrogen and oxygen atoms in total.